The van der Waals surface area contributed by atoms with Gasteiger partial charge < -0.3 is 4.42 Å². The summed E-state index contributed by atoms with van der Waals surface area (Å²) in [6.45, 7) is 4.72. The lowest BCUT2D eigenvalue weighted by molar-refractivity contribution is 0.603. The standard InChI is InChI=1S/C29H25N5O2/c1-18(2)21-7-4-5-8-23(21)27-30-15-25-28(32-27)34(29(35)33(25)3)16-19-11-13-20(14-12-19)22-9-6-10-24-26(22)36-17-31-24/h4-15,17-18H,16H2,1-3H3. The van der Waals surface area contributed by atoms with Crippen LogP contribution >= 0.6 is 0 Å². The number of aromatic nitrogens is 5. The summed E-state index contributed by atoms with van der Waals surface area (Å²) in [5.41, 5.74) is 7.99. The van der Waals surface area contributed by atoms with Gasteiger partial charge in [-0.15, -0.1) is 0 Å². The average molecular weight is 476 g/mol. The van der Waals surface area contributed by atoms with Crippen molar-refractivity contribution in [2.45, 2.75) is 26.3 Å². The number of rotatable bonds is 5. The molecule has 0 aliphatic heterocycles. The van der Waals surface area contributed by atoms with Crippen LogP contribution < -0.4 is 5.69 Å². The largest absolute Gasteiger partial charge is 0.443 e. The maximum Gasteiger partial charge on any atom is 0.330 e. The highest BCUT2D eigenvalue weighted by atomic mass is 16.3. The van der Waals surface area contributed by atoms with E-state index in [1.165, 1.54) is 12.0 Å². The van der Waals surface area contributed by atoms with E-state index in [0.29, 0.717) is 29.5 Å². The first-order valence-electron chi connectivity index (χ1n) is 11.9. The molecule has 0 aliphatic rings. The second-order valence-electron chi connectivity index (χ2n) is 9.28. The van der Waals surface area contributed by atoms with Crippen LogP contribution in [0.4, 0.5) is 0 Å². The van der Waals surface area contributed by atoms with Crippen molar-refractivity contribution in [2.24, 2.45) is 7.05 Å². The zero-order chi connectivity index (χ0) is 24.8. The zero-order valence-corrected chi connectivity index (χ0v) is 20.3. The van der Waals surface area contributed by atoms with Crippen LogP contribution in [0.3, 0.4) is 0 Å². The quantitative estimate of drug-likeness (QED) is 0.316. The number of nitrogens with zero attached hydrogens (tertiary/aromatic N) is 5. The summed E-state index contributed by atoms with van der Waals surface area (Å²) in [4.78, 5) is 26.9. The summed E-state index contributed by atoms with van der Waals surface area (Å²) < 4.78 is 8.91. The molecule has 0 radical (unpaired) electrons. The number of para-hydroxylation sites is 1. The minimum atomic E-state index is -0.121. The molecule has 0 fully saturated rings. The molecule has 3 heterocycles. The van der Waals surface area contributed by atoms with Gasteiger partial charge in [-0.1, -0.05) is 74.5 Å². The highest BCUT2D eigenvalue weighted by molar-refractivity contribution is 5.90. The van der Waals surface area contributed by atoms with Gasteiger partial charge in [-0.2, -0.15) is 0 Å². The van der Waals surface area contributed by atoms with E-state index in [0.717, 1.165) is 33.4 Å². The van der Waals surface area contributed by atoms with E-state index in [9.17, 15) is 4.79 Å². The monoisotopic (exact) mass is 475 g/mol. The molecular weight excluding hydrogens is 450 g/mol. The highest BCUT2D eigenvalue weighted by Gasteiger charge is 2.17. The Balaban J connectivity index is 1.39. The van der Waals surface area contributed by atoms with Crippen molar-refractivity contribution in [3.05, 3.63) is 101 Å². The van der Waals surface area contributed by atoms with Crippen molar-refractivity contribution < 1.29 is 4.42 Å². The van der Waals surface area contributed by atoms with Crippen molar-refractivity contribution in [3.8, 4) is 22.5 Å². The van der Waals surface area contributed by atoms with Crippen LogP contribution in [0.25, 0.3) is 44.8 Å². The van der Waals surface area contributed by atoms with Crippen molar-refractivity contribution in [1.82, 2.24) is 24.1 Å². The van der Waals surface area contributed by atoms with Gasteiger partial charge in [0.15, 0.2) is 23.4 Å². The Kier molecular flexibility index (Phi) is 5.25. The van der Waals surface area contributed by atoms with Crippen molar-refractivity contribution >= 4 is 22.3 Å². The first kappa shape index (κ1) is 22.0. The summed E-state index contributed by atoms with van der Waals surface area (Å²) in [6.07, 6.45) is 3.21. The predicted molar refractivity (Wildman–Crippen MR) is 141 cm³/mol. The Morgan fingerprint density at radius 2 is 1.69 bits per heavy atom. The summed E-state index contributed by atoms with van der Waals surface area (Å²) >= 11 is 0. The van der Waals surface area contributed by atoms with Gasteiger partial charge in [-0.25, -0.2) is 19.7 Å². The molecule has 0 bridgehead atoms. The minimum absolute atomic E-state index is 0.121. The molecule has 7 nitrogen and oxygen atoms in total. The summed E-state index contributed by atoms with van der Waals surface area (Å²) in [6, 6.07) is 22.2. The van der Waals surface area contributed by atoms with Crippen molar-refractivity contribution in [2.75, 3.05) is 0 Å². The number of oxazole rings is 1. The first-order valence-corrected chi connectivity index (χ1v) is 11.9. The Bertz CT molecular complexity index is 1770. The van der Waals surface area contributed by atoms with Crippen LogP contribution in [0, 0.1) is 0 Å². The molecule has 178 valence electrons. The number of aryl methyl sites for hydroxylation is 1. The van der Waals surface area contributed by atoms with Gasteiger partial charge in [-0.3, -0.25) is 9.13 Å². The van der Waals surface area contributed by atoms with E-state index in [1.54, 1.807) is 22.4 Å². The Labute approximate surface area is 207 Å². The van der Waals surface area contributed by atoms with Crippen LogP contribution in [0.2, 0.25) is 0 Å². The maximum atomic E-state index is 13.2. The summed E-state index contributed by atoms with van der Waals surface area (Å²) in [5.74, 6) is 0.960. The SMILES string of the molecule is CC(C)c1ccccc1-c1ncc2c(n1)n(Cc1ccc(-c3cccc4ncoc34)cc1)c(=O)n2C. The Morgan fingerprint density at radius 1 is 0.917 bits per heavy atom. The van der Waals surface area contributed by atoms with Gasteiger partial charge in [0.25, 0.3) is 0 Å². The third kappa shape index (κ3) is 3.60. The normalized spacial score (nSPS) is 11.7. The average Bonchev–Trinajstić information content (AvgIpc) is 3.48. The van der Waals surface area contributed by atoms with Gasteiger partial charge in [0.05, 0.1) is 12.7 Å². The fraction of sp³-hybridized carbons (Fsp3) is 0.172. The molecule has 0 amide bonds. The molecule has 3 aromatic carbocycles. The van der Waals surface area contributed by atoms with Crippen LogP contribution in [0.15, 0.2) is 88.5 Å². The van der Waals surface area contributed by atoms with Crippen molar-refractivity contribution in [1.29, 1.82) is 0 Å². The molecule has 3 aromatic heterocycles. The maximum absolute atomic E-state index is 13.2. The molecule has 6 aromatic rings. The number of imidazole rings is 1. The van der Waals surface area contributed by atoms with E-state index >= 15 is 0 Å². The second kappa shape index (κ2) is 8.61. The van der Waals surface area contributed by atoms with Gasteiger partial charge >= 0.3 is 5.69 Å². The molecule has 36 heavy (non-hydrogen) atoms. The lowest BCUT2D eigenvalue weighted by Gasteiger charge is -2.11. The molecule has 0 N–H and O–H groups in total. The predicted octanol–water partition coefficient (Wildman–Crippen LogP) is 5.78. The molecular formula is C29H25N5O2. The van der Waals surface area contributed by atoms with Crippen molar-refractivity contribution in [3.63, 3.8) is 0 Å². The molecule has 0 spiro atoms. The topological polar surface area (TPSA) is 78.7 Å². The van der Waals surface area contributed by atoms with Crippen LogP contribution in [-0.2, 0) is 13.6 Å². The number of benzene rings is 3. The molecule has 0 unspecified atom stereocenters. The Morgan fingerprint density at radius 3 is 2.50 bits per heavy atom. The lowest BCUT2D eigenvalue weighted by atomic mass is 9.97. The minimum Gasteiger partial charge on any atom is -0.443 e. The van der Waals surface area contributed by atoms with E-state index in [1.807, 2.05) is 60.7 Å². The number of fused-ring (bicyclic) bond motifs is 2. The molecule has 0 aliphatic carbocycles. The lowest BCUT2D eigenvalue weighted by Crippen LogP contribution is -2.22. The van der Waals surface area contributed by atoms with E-state index in [-0.39, 0.29) is 5.69 Å². The van der Waals surface area contributed by atoms with E-state index < -0.39 is 0 Å². The summed E-state index contributed by atoms with van der Waals surface area (Å²) in [5, 5.41) is 0. The molecule has 7 heteroatoms. The number of hydrogen-bond donors (Lipinski definition) is 0. The van der Waals surface area contributed by atoms with Gasteiger partial charge in [0.1, 0.15) is 11.0 Å². The van der Waals surface area contributed by atoms with Crippen LogP contribution in [-0.4, -0.2) is 24.1 Å². The first-order chi connectivity index (χ1) is 17.5. The van der Waals surface area contributed by atoms with Crippen LogP contribution in [0.5, 0.6) is 0 Å². The van der Waals surface area contributed by atoms with Gasteiger partial charge in [0, 0.05) is 18.2 Å². The molecule has 6 rings (SSSR count). The Hall–Kier alpha value is -4.52. The fourth-order valence-electron chi connectivity index (χ4n) is 4.74. The fourth-order valence-corrected chi connectivity index (χ4v) is 4.74. The van der Waals surface area contributed by atoms with E-state index in [2.05, 4.69) is 29.9 Å². The van der Waals surface area contributed by atoms with E-state index in [4.69, 9.17) is 9.40 Å². The highest BCUT2D eigenvalue weighted by Crippen LogP contribution is 2.29. The third-order valence-corrected chi connectivity index (χ3v) is 6.67. The zero-order valence-electron chi connectivity index (χ0n) is 20.3. The summed E-state index contributed by atoms with van der Waals surface area (Å²) in [7, 11) is 1.76. The number of hydrogen-bond acceptors (Lipinski definition) is 5. The van der Waals surface area contributed by atoms with Crippen LogP contribution in [0.1, 0.15) is 30.9 Å². The molecule has 0 saturated heterocycles. The van der Waals surface area contributed by atoms with Gasteiger partial charge in [0.2, 0.25) is 0 Å². The molecule has 0 saturated carbocycles. The second-order valence-corrected chi connectivity index (χ2v) is 9.28. The molecule has 0 atom stereocenters. The van der Waals surface area contributed by atoms with Gasteiger partial charge in [-0.05, 0) is 28.7 Å². The smallest absolute Gasteiger partial charge is 0.330 e. The third-order valence-electron chi connectivity index (χ3n) is 6.67.